The van der Waals surface area contributed by atoms with Crippen molar-refractivity contribution in [1.82, 2.24) is 15.8 Å². The molecule has 0 saturated heterocycles. The molecule has 0 aliphatic carbocycles. The number of amides is 2. The van der Waals surface area contributed by atoms with Crippen molar-refractivity contribution in [2.24, 2.45) is 0 Å². The first kappa shape index (κ1) is 14.1. The summed E-state index contributed by atoms with van der Waals surface area (Å²) in [5, 5.41) is 0. The Morgan fingerprint density at radius 2 is 1.90 bits per heavy atom. The maximum atomic E-state index is 13.5. The van der Waals surface area contributed by atoms with Crippen LogP contribution in [0.4, 0.5) is 4.39 Å². The van der Waals surface area contributed by atoms with Crippen molar-refractivity contribution >= 4 is 27.7 Å². The van der Waals surface area contributed by atoms with Crippen molar-refractivity contribution in [1.29, 1.82) is 0 Å². The maximum absolute atomic E-state index is 13.5. The Bertz CT molecular complexity index is 649. The molecule has 0 fully saturated rings. The van der Waals surface area contributed by atoms with Gasteiger partial charge in [-0.1, -0.05) is 15.9 Å². The normalized spacial score (nSPS) is 9.90. The zero-order chi connectivity index (χ0) is 14.5. The number of hydrogen-bond donors (Lipinski definition) is 2. The SMILES string of the molecule is O=C(NNC(=O)c1ccc(Br)cc1F)c1cccnc1. The molecule has 0 bridgehead atoms. The molecule has 0 saturated carbocycles. The topological polar surface area (TPSA) is 71.1 Å². The molecule has 7 heteroatoms. The third-order valence-corrected chi connectivity index (χ3v) is 2.88. The number of aromatic nitrogens is 1. The van der Waals surface area contributed by atoms with Gasteiger partial charge in [0.2, 0.25) is 0 Å². The van der Waals surface area contributed by atoms with Crippen molar-refractivity contribution in [2.45, 2.75) is 0 Å². The summed E-state index contributed by atoms with van der Waals surface area (Å²) in [6.45, 7) is 0. The van der Waals surface area contributed by atoms with Crippen LogP contribution in [-0.2, 0) is 0 Å². The fraction of sp³-hybridized carbons (Fsp3) is 0. The minimum atomic E-state index is -0.743. The molecule has 1 heterocycles. The van der Waals surface area contributed by atoms with E-state index in [0.29, 0.717) is 4.47 Å². The monoisotopic (exact) mass is 337 g/mol. The minimum Gasteiger partial charge on any atom is -0.267 e. The summed E-state index contributed by atoms with van der Waals surface area (Å²) in [6.07, 6.45) is 2.87. The predicted octanol–water partition coefficient (Wildman–Crippen LogP) is 2.06. The highest BCUT2D eigenvalue weighted by molar-refractivity contribution is 9.10. The minimum absolute atomic E-state index is 0.167. The van der Waals surface area contributed by atoms with Crippen molar-refractivity contribution in [3.8, 4) is 0 Å². The predicted molar refractivity (Wildman–Crippen MR) is 73.3 cm³/mol. The Morgan fingerprint density at radius 1 is 1.15 bits per heavy atom. The Hall–Kier alpha value is -2.28. The number of carbonyl (C=O) groups excluding carboxylic acids is 2. The molecule has 5 nitrogen and oxygen atoms in total. The standard InChI is InChI=1S/C13H9BrFN3O2/c14-9-3-4-10(11(15)6-9)13(20)18-17-12(19)8-2-1-5-16-7-8/h1-7H,(H,17,19)(H,18,20). The Morgan fingerprint density at radius 3 is 2.55 bits per heavy atom. The molecule has 2 N–H and O–H groups in total. The average molecular weight is 338 g/mol. The van der Waals surface area contributed by atoms with Gasteiger partial charge in [-0.2, -0.15) is 0 Å². The lowest BCUT2D eigenvalue weighted by Gasteiger charge is -2.08. The number of benzene rings is 1. The molecule has 2 aromatic rings. The fourth-order valence-electron chi connectivity index (χ4n) is 1.42. The van der Waals surface area contributed by atoms with Crippen LogP contribution in [0.2, 0.25) is 0 Å². The van der Waals surface area contributed by atoms with Gasteiger partial charge in [0.05, 0.1) is 11.1 Å². The molecule has 0 radical (unpaired) electrons. The summed E-state index contributed by atoms with van der Waals surface area (Å²) in [6, 6.07) is 7.13. The van der Waals surface area contributed by atoms with E-state index in [1.54, 1.807) is 6.07 Å². The van der Waals surface area contributed by atoms with Crippen LogP contribution in [-0.4, -0.2) is 16.8 Å². The number of halogens is 2. The van der Waals surface area contributed by atoms with Crippen LogP contribution in [0.1, 0.15) is 20.7 Å². The quantitative estimate of drug-likeness (QED) is 0.824. The van der Waals surface area contributed by atoms with Gasteiger partial charge in [-0.3, -0.25) is 25.4 Å². The van der Waals surface area contributed by atoms with E-state index >= 15 is 0 Å². The van der Waals surface area contributed by atoms with E-state index in [-0.39, 0.29) is 11.1 Å². The highest BCUT2D eigenvalue weighted by Crippen LogP contribution is 2.14. The van der Waals surface area contributed by atoms with Gasteiger partial charge in [0.15, 0.2) is 0 Å². The third-order valence-electron chi connectivity index (χ3n) is 2.39. The van der Waals surface area contributed by atoms with Crippen molar-refractivity contribution in [2.75, 3.05) is 0 Å². The average Bonchev–Trinajstić information content (AvgIpc) is 2.45. The summed E-state index contributed by atoms with van der Waals surface area (Å²) in [4.78, 5) is 27.1. The number of hydrazine groups is 1. The lowest BCUT2D eigenvalue weighted by molar-refractivity contribution is 0.0844. The number of nitrogens with one attached hydrogen (secondary N) is 2. The molecule has 0 aliphatic heterocycles. The Kier molecular flexibility index (Phi) is 4.41. The molecule has 0 spiro atoms. The van der Waals surface area contributed by atoms with Crippen molar-refractivity contribution < 1.29 is 14.0 Å². The largest absolute Gasteiger partial charge is 0.272 e. The van der Waals surface area contributed by atoms with Gasteiger partial charge in [-0.25, -0.2) is 4.39 Å². The van der Waals surface area contributed by atoms with Gasteiger partial charge in [0.1, 0.15) is 5.82 Å². The second kappa shape index (κ2) is 6.25. The van der Waals surface area contributed by atoms with E-state index in [1.807, 2.05) is 0 Å². The highest BCUT2D eigenvalue weighted by atomic mass is 79.9. The summed E-state index contributed by atoms with van der Waals surface area (Å²) in [7, 11) is 0. The second-order valence-electron chi connectivity index (χ2n) is 3.77. The number of carbonyl (C=O) groups is 2. The summed E-state index contributed by atoms with van der Waals surface area (Å²) in [5.74, 6) is -1.97. The molecule has 0 unspecified atom stereocenters. The van der Waals surface area contributed by atoms with E-state index in [4.69, 9.17) is 0 Å². The van der Waals surface area contributed by atoms with E-state index in [0.717, 1.165) is 6.07 Å². The fourth-order valence-corrected chi connectivity index (χ4v) is 1.76. The lowest BCUT2D eigenvalue weighted by Crippen LogP contribution is -2.42. The second-order valence-corrected chi connectivity index (χ2v) is 4.69. The molecule has 20 heavy (non-hydrogen) atoms. The van der Waals surface area contributed by atoms with E-state index in [9.17, 15) is 14.0 Å². The van der Waals surface area contributed by atoms with Crippen LogP contribution in [0, 0.1) is 5.82 Å². The zero-order valence-electron chi connectivity index (χ0n) is 10.1. The number of rotatable bonds is 2. The van der Waals surface area contributed by atoms with E-state index in [1.165, 1.54) is 30.6 Å². The molecule has 1 aromatic carbocycles. The van der Waals surface area contributed by atoms with Crippen LogP contribution < -0.4 is 10.9 Å². The van der Waals surface area contributed by atoms with Crippen LogP contribution in [0.15, 0.2) is 47.2 Å². The smallest absolute Gasteiger partial charge is 0.267 e. The van der Waals surface area contributed by atoms with E-state index < -0.39 is 17.6 Å². The van der Waals surface area contributed by atoms with Crippen LogP contribution >= 0.6 is 15.9 Å². The summed E-state index contributed by atoms with van der Waals surface area (Å²) in [5.41, 5.74) is 4.43. The lowest BCUT2D eigenvalue weighted by atomic mass is 10.2. The molecule has 2 amide bonds. The van der Waals surface area contributed by atoms with Crippen LogP contribution in [0.5, 0.6) is 0 Å². The molecular weight excluding hydrogens is 329 g/mol. The molecule has 102 valence electrons. The first-order valence-electron chi connectivity index (χ1n) is 5.53. The van der Waals surface area contributed by atoms with Gasteiger partial charge in [-0.15, -0.1) is 0 Å². The van der Waals surface area contributed by atoms with Crippen LogP contribution in [0.25, 0.3) is 0 Å². The molecule has 0 aliphatic rings. The van der Waals surface area contributed by atoms with Gasteiger partial charge < -0.3 is 0 Å². The van der Waals surface area contributed by atoms with Gasteiger partial charge in [0.25, 0.3) is 11.8 Å². The Balaban J connectivity index is 2.00. The number of nitrogens with zero attached hydrogens (tertiary/aromatic N) is 1. The summed E-state index contributed by atoms with van der Waals surface area (Å²) < 4.78 is 14.1. The van der Waals surface area contributed by atoms with Gasteiger partial charge in [-0.05, 0) is 30.3 Å². The van der Waals surface area contributed by atoms with Gasteiger partial charge >= 0.3 is 0 Å². The van der Waals surface area contributed by atoms with Crippen molar-refractivity contribution in [3.05, 3.63) is 64.1 Å². The van der Waals surface area contributed by atoms with Crippen molar-refractivity contribution in [3.63, 3.8) is 0 Å². The van der Waals surface area contributed by atoms with E-state index in [2.05, 4.69) is 31.8 Å². The number of hydrogen-bond acceptors (Lipinski definition) is 3. The highest BCUT2D eigenvalue weighted by Gasteiger charge is 2.13. The number of pyridine rings is 1. The zero-order valence-corrected chi connectivity index (χ0v) is 11.6. The first-order chi connectivity index (χ1) is 9.58. The molecule has 2 rings (SSSR count). The third kappa shape index (κ3) is 3.39. The maximum Gasteiger partial charge on any atom is 0.272 e. The van der Waals surface area contributed by atoms with Gasteiger partial charge in [0, 0.05) is 16.9 Å². The summed E-state index contributed by atoms with van der Waals surface area (Å²) >= 11 is 3.09. The molecule has 1 aromatic heterocycles. The Labute approximate surface area is 122 Å². The molecular formula is C13H9BrFN3O2. The molecule has 0 atom stereocenters. The first-order valence-corrected chi connectivity index (χ1v) is 6.33. The van der Waals surface area contributed by atoms with Crippen LogP contribution in [0.3, 0.4) is 0 Å².